The van der Waals surface area contributed by atoms with Crippen molar-refractivity contribution < 1.29 is 9.47 Å². The molecule has 0 bridgehead atoms. The van der Waals surface area contributed by atoms with Crippen molar-refractivity contribution in [1.82, 2.24) is 0 Å². The zero-order valence-corrected chi connectivity index (χ0v) is 13.3. The quantitative estimate of drug-likeness (QED) is 0.512. The van der Waals surface area contributed by atoms with Gasteiger partial charge in [0.25, 0.3) is 0 Å². The molecule has 0 atom stereocenters. The van der Waals surface area contributed by atoms with Gasteiger partial charge in [-0.3, -0.25) is 0 Å². The zero-order chi connectivity index (χ0) is 15.1. The lowest BCUT2D eigenvalue weighted by Gasteiger charge is -2.13. The third kappa shape index (κ3) is 4.15. The van der Waals surface area contributed by atoms with Gasteiger partial charge in [0, 0.05) is 11.4 Å². The van der Waals surface area contributed by atoms with Gasteiger partial charge in [0.1, 0.15) is 11.5 Å². The molecule has 0 amide bonds. The van der Waals surface area contributed by atoms with Crippen LogP contribution in [0.25, 0.3) is 11.1 Å². The van der Waals surface area contributed by atoms with Gasteiger partial charge in [-0.1, -0.05) is 37.6 Å². The molecule has 0 aliphatic rings. The fraction of sp³-hybridized carbons (Fsp3) is 0.333. The summed E-state index contributed by atoms with van der Waals surface area (Å²) in [5.74, 6) is 2.21. The van der Waals surface area contributed by atoms with Crippen molar-refractivity contribution >= 4 is 11.6 Å². The van der Waals surface area contributed by atoms with Gasteiger partial charge in [-0.15, -0.1) is 11.6 Å². The van der Waals surface area contributed by atoms with E-state index in [1.807, 2.05) is 30.3 Å². The van der Waals surface area contributed by atoms with E-state index in [2.05, 4.69) is 19.1 Å². The Balaban J connectivity index is 2.35. The summed E-state index contributed by atoms with van der Waals surface area (Å²) < 4.78 is 11.2. The zero-order valence-electron chi connectivity index (χ0n) is 12.6. The van der Waals surface area contributed by atoms with Crippen LogP contribution in [0.3, 0.4) is 0 Å². The highest BCUT2D eigenvalue weighted by Gasteiger charge is 2.08. The van der Waals surface area contributed by atoms with Gasteiger partial charge in [-0.2, -0.15) is 0 Å². The largest absolute Gasteiger partial charge is 0.497 e. The monoisotopic (exact) mass is 304 g/mol. The number of hydrogen-bond donors (Lipinski definition) is 0. The molecule has 21 heavy (non-hydrogen) atoms. The van der Waals surface area contributed by atoms with E-state index in [0.717, 1.165) is 47.6 Å². The fourth-order valence-corrected chi connectivity index (χ4v) is 2.29. The minimum absolute atomic E-state index is 0.489. The van der Waals surface area contributed by atoms with Crippen LogP contribution in [0.2, 0.25) is 0 Å². The average molecular weight is 305 g/mol. The van der Waals surface area contributed by atoms with Crippen LogP contribution in [0.15, 0.2) is 42.5 Å². The third-order valence-electron chi connectivity index (χ3n) is 3.34. The van der Waals surface area contributed by atoms with E-state index in [1.54, 1.807) is 7.11 Å². The van der Waals surface area contributed by atoms with E-state index in [0.29, 0.717) is 5.88 Å². The summed E-state index contributed by atoms with van der Waals surface area (Å²) in [6.07, 6.45) is 2.16. The molecule has 2 aromatic rings. The molecule has 0 N–H and O–H groups in total. The highest BCUT2D eigenvalue weighted by atomic mass is 35.5. The number of methoxy groups -OCH3 is 1. The van der Waals surface area contributed by atoms with E-state index < -0.39 is 0 Å². The molecule has 0 spiro atoms. The van der Waals surface area contributed by atoms with Crippen molar-refractivity contribution in [3.63, 3.8) is 0 Å². The van der Waals surface area contributed by atoms with Gasteiger partial charge in [0.2, 0.25) is 0 Å². The van der Waals surface area contributed by atoms with Gasteiger partial charge < -0.3 is 9.47 Å². The minimum atomic E-state index is 0.489. The van der Waals surface area contributed by atoms with Crippen LogP contribution >= 0.6 is 11.6 Å². The van der Waals surface area contributed by atoms with Crippen molar-refractivity contribution in [2.24, 2.45) is 0 Å². The smallest absolute Gasteiger partial charge is 0.127 e. The lowest BCUT2D eigenvalue weighted by Crippen LogP contribution is -1.99. The van der Waals surface area contributed by atoms with Gasteiger partial charge in [-0.25, -0.2) is 0 Å². The molecular formula is C18H21ClO2. The molecule has 0 saturated heterocycles. The normalized spacial score (nSPS) is 10.4. The predicted molar refractivity (Wildman–Crippen MR) is 88.4 cm³/mol. The maximum atomic E-state index is 5.95. The number of halogens is 1. The highest BCUT2D eigenvalue weighted by Crippen LogP contribution is 2.33. The summed E-state index contributed by atoms with van der Waals surface area (Å²) in [5.41, 5.74) is 3.22. The maximum Gasteiger partial charge on any atom is 0.127 e. The molecule has 0 aliphatic carbocycles. The standard InChI is InChI=1S/C18H21ClO2/c1-3-4-10-21-18-11-14(13-19)8-9-17(18)15-6-5-7-16(12-15)20-2/h5-9,11-12H,3-4,10,13H2,1-2H3. The van der Waals surface area contributed by atoms with Crippen molar-refractivity contribution in [2.75, 3.05) is 13.7 Å². The van der Waals surface area contributed by atoms with Crippen LogP contribution < -0.4 is 9.47 Å². The molecule has 2 aromatic carbocycles. The SMILES string of the molecule is CCCCOc1cc(CCl)ccc1-c1cccc(OC)c1. The number of ether oxygens (including phenoxy) is 2. The Kier molecular flexibility index (Phi) is 5.94. The summed E-state index contributed by atoms with van der Waals surface area (Å²) in [6, 6.07) is 14.1. The summed E-state index contributed by atoms with van der Waals surface area (Å²) in [4.78, 5) is 0. The van der Waals surface area contributed by atoms with E-state index in [1.165, 1.54) is 0 Å². The first-order chi connectivity index (χ1) is 10.3. The van der Waals surface area contributed by atoms with Crippen LogP contribution in [-0.4, -0.2) is 13.7 Å². The molecule has 0 radical (unpaired) electrons. The fourth-order valence-electron chi connectivity index (χ4n) is 2.12. The molecular weight excluding hydrogens is 284 g/mol. The average Bonchev–Trinajstić information content (AvgIpc) is 2.55. The molecule has 0 aliphatic heterocycles. The summed E-state index contributed by atoms with van der Waals surface area (Å²) >= 11 is 5.93. The van der Waals surface area contributed by atoms with Crippen molar-refractivity contribution in [2.45, 2.75) is 25.6 Å². The molecule has 0 heterocycles. The van der Waals surface area contributed by atoms with Crippen molar-refractivity contribution in [3.8, 4) is 22.6 Å². The van der Waals surface area contributed by atoms with Crippen LogP contribution in [0, 0.1) is 0 Å². The highest BCUT2D eigenvalue weighted by molar-refractivity contribution is 6.17. The molecule has 2 nitrogen and oxygen atoms in total. The Morgan fingerprint density at radius 2 is 1.95 bits per heavy atom. The second-order valence-corrected chi connectivity index (χ2v) is 5.17. The maximum absolute atomic E-state index is 5.95. The molecule has 0 aromatic heterocycles. The Morgan fingerprint density at radius 3 is 2.67 bits per heavy atom. The Labute approximate surface area is 131 Å². The number of hydrogen-bond acceptors (Lipinski definition) is 2. The summed E-state index contributed by atoms with van der Waals surface area (Å²) in [5, 5.41) is 0. The van der Waals surface area contributed by atoms with Crippen LogP contribution in [0.5, 0.6) is 11.5 Å². The Hall–Kier alpha value is -1.67. The molecule has 0 fully saturated rings. The molecule has 112 valence electrons. The summed E-state index contributed by atoms with van der Waals surface area (Å²) in [6.45, 7) is 2.88. The predicted octanol–water partition coefficient (Wildman–Crippen LogP) is 5.28. The van der Waals surface area contributed by atoms with Gasteiger partial charge in [0.05, 0.1) is 13.7 Å². The van der Waals surface area contributed by atoms with Crippen LogP contribution in [-0.2, 0) is 5.88 Å². The first-order valence-corrected chi connectivity index (χ1v) is 7.78. The van der Waals surface area contributed by atoms with Gasteiger partial charge in [0.15, 0.2) is 0 Å². The van der Waals surface area contributed by atoms with Crippen LogP contribution in [0.4, 0.5) is 0 Å². The van der Waals surface area contributed by atoms with Crippen molar-refractivity contribution in [3.05, 3.63) is 48.0 Å². The van der Waals surface area contributed by atoms with E-state index >= 15 is 0 Å². The third-order valence-corrected chi connectivity index (χ3v) is 3.65. The Morgan fingerprint density at radius 1 is 1.10 bits per heavy atom. The lowest BCUT2D eigenvalue weighted by atomic mass is 10.0. The lowest BCUT2D eigenvalue weighted by molar-refractivity contribution is 0.310. The number of alkyl halides is 1. The molecule has 2 rings (SSSR count). The second kappa shape index (κ2) is 7.94. The van der Waals surface area contributed by atoms with E-state index in [4.69, 9.17) is 21.1 Å². The van der Waals surface area contributed by atoms with E-state index in [9.17, 15) is 0 Å². The second-order valence-electron chi connectivity index (χ2n) is 4.90. The molecule has 3 heteroatoms. The molecule has 0 saturated carbocycles. The van der Waals surface area contributed by atoms with Crippen LogP contribution in [0.1, 0.15) is 25.3 Å². The van der Waals surface area contributed by atoms with Gasteiger partial charge >= 0.3 is 0 Å². The number of rotatable bonds is 7. The van der Waals surface area contributed by atoms with Gasteiger partial charge in [-0.05, 0) is 35.7 Å². The first kappa shape index (κ1) is 15.7. The summed E-state index contributed by atoms with van der Waals surface area (Å²) in [7, 11) is 1.67. The van der Waals surface area contributed by atoms with Crippen molar-refractivity contribution in [1.29, 1.82) is 0 Å². The topological polar surface area (TPSA) is 18.5 Å². The number of unbranched alkanes of at least 4 members (excludes halogenated alkanes) is 1. The minimum Gasteiger partial charge on any atom is -0.497 e. The molecule has 0 unspecified atom stereocenters. The first-order valence-electron chi connectivity index (χ1n) is 7.24. The number of benzene rings is 2. The Bertz CT molecular complexity index is 581. The van der Waals surface area contributed by atoms with E-state index in [-0.39, 0.29) is 0 Å².